The zero-order chi connectivity index (χ0) is 35.4. The molecule has 0 saturated carbocycles. The molecule has 8 aromatic carbocycles. The van der Waals surface area contributed by atoms with E-state index in [9.17, 15) is 0 Å². The van der Waals surface area contributed by atoms with Gasteiger partial charge in [0.2, 0.25) is 0 Å². The lowest BCUT2D eigenvalue weighted by atomic mass is 9.82. The van der Waals surface area contributed by atoms with E-state index < -0.39 is 0 Å². The fraction of sp³-hybridized carbons (Fsp3) is 0.0588. The van der Waals surface area contributed by atoms with Gasteiger partial charge >= 0.3 is 0 Å². The van der Waals surface area contributed by atoms with Gasteiger partial charge in [0.25, 0.3) is 0 Å². The Hall–Kier alpha value is -6.64. The molecule has 0 fully saturated rings. The van der Waals surface area contributed by atoms with Gasteiger partial charge in [-0.25, -0.2) is 0 Å². The second-order valence-corrected chi connectivity index (χ2v) is 15.0. The minimum atomic E-state index is -0.114. The third-order valence-electron chi connectivity index (χ3n) is 11.9. The summed E-state index contributed by atoms with van der Waals surface area (Å²) in [5.74, 6) is 0. The molecule has 0 N–H and O–H groups in total. The monoisotopic (exact) mass is 676 g/mol. The Labute approximate surface area is 309 Å². The summed E-state index contributed by atoms with van der Waals surface area (Å²) in [6.07, 6.45) is 0. The van der Waals surface area contributed by atoms with Gasteiger partial charge in [-0.05, 0) is 110 Å². The summed E-state index contributed by atoms with van der Waals surface area (Å²) in [6.45, 7) is 9.29. The lowest BCUT2D eigenvalue weighted by Gasteiger charge is -2.29. The van der Waals surface area contributed by atoms with E-state index in [1.54, 1.807) is 0 Å². The van der Waals surface area contributed by atoms with E-state index in [0.717, 1.165) is 22.6 Å². The lowest BCUT2D eigenvalue weighted by Crippen LogP contribution is -2.16. The van der Waals surface area contributed by atoms with E-state index in [1.165, 1.54) is 82.8 Å². The van der Waals surface area contributed by atoms with E-state index in [0.29, 0.717) is 0 Å². The molecule has 2 aliphatic rings. The highest BCUT2D eigenvalue weighted by molar-refractivity contribution is 6.12. The molecule has 0 amide bonds. The van der Waals surface area contributed by atoms with Gasteiger partial charge in [-0.3, -0.25) is 0 Å². The molecule has 0 aliphatic heterocycles. The number of benzene rings is 8. The Balaban J connectivity index is 1.15. The standard InChI is InChI=1S/C51H36N2/c1-32-37-15-6-7-17-39(37)40-26-23-34(29-44(32)40)52(36-24-27-42-41-18-8-10-20-46(41)51(2,3)47(42)31-36)35-25-28-50-45(30-35)43-19-9-11-21-49(43)53(50)48-22-12-14-33-13-4-5-16-38(33)48/h4-31H,1H2,2-3H3. The van der Waals surface area contributed by atoms with Crippen LogP contribution in [-0.2, 0) is 5.41 Å². The van der Waals surface area contributed by atoms with Gasteiger partial charge < -0.3 is 9.47 Å². The van der Waals surface area contributed by atoms with Crippen LogP contribution in [0.5, 0.6) is 0 Å². The summed E-state index contributed by atoms with van der Waals surface area (Å²) < 4.78 is 2.44. The van der Waals surface area contributed by atoms with Crippen LogP contribution in [0.3, 0.4) is 0 Å². The first kappa shape index (κ1) is 30.0. The number of para-hydroxylation sites is 1. The minimum Gasteiger partial charge on any atom is -0.310 e. The maximum Gasteiger partial charge on any atom is 0.0542 e. The van der Waals surface area contributed by atoms with Crippen molar-refractivity contribution in [3.05, 3.63) is 199 Å². The third kappa shape index (κ3) is 4.21. The van der Waals surface area contributed by atoms with Gasteiger partial charge in [0.05, 0.1) is 16.7 Å². The molecule has 0 spiro atoms. The maximum absolute atomic E-state index is 4.58. The molecule has 0 atom stereocenters. The fourth-order valence-corrected chi connectivity index (χ4v) is 9.32. The van der Waals surface area contributed by atoms with Crippen LogP contribution in [0.15, 0.2) is 176 Å². The van der Waals surface area contributed by atoms with Gasteiger partial charge in [0, 0.05) is 38.6 Å². The molecule has 9 aromatic rings. The molecule has 1 aromatic heterocycles. The zero-order valence-corrected chi connectivity index (χ0v) is 29.8. The predicted molar refractivity (Wildman–Crippen MR) is 224 cm³/mol. The summed E-state index contributed by atoms with van der Waals surface area (Å²) in [6, 6.07) is 62.6. The number of nitrogens with zero attached hydrogens (tertiary/aromatic N) is 2. The van der Waals surface area contributed by atoms with Gasteiger partial charge in [0.15, 0.2) is 0 Å². The summed E-state index contributed by atoms with van der Waals surface area (Å²) in [5.41, 5.74) is 18.2. The van der Waals surface area contributed by atoms with Crippen LogP contribution in [0.2, 0.25) is 0 Å². The number of hydrogen-bond acceptors (Lipinski definition) is 1. The Morgan fingerprint density at radius 2 is 1.02 bits per heavy atom. The van der Waals surface area contributed by atoms with E-state index >= 15 is 0 Å². The van der Waals surface area contributed by atoms with Crippen molar-refractivity contribution < 1.29 is 0 Å². The Morgan fingerprint density at radius 3 is 1.89 bits per heavy atom. The number of rotatable bonds is 4. The summed E-state index contributed by atoms with van der Waals surface area (Å²) >= 11 is 0. The van der Waals surface area contributed by atoms with Crippen molar-refractivity contribution in [2.24, 2.45) is 0 Å². The van der Waals surface area contributed by atoms with Crippen molar-refractivity contribution in [3.8, 4) is 27.9 Å². The van der Waals surface area contributed by atoms with Crippen LogP contribution in [0, 0.1) is 0 Å². The normalized spacial score (nSPS) is 13.7. The smallest absolute Gasteiger partial charge is 0.0542 e. The highest BCUT2D eigenvalue weighted by Crippen LogP contribution is 2.52. The third-order valence-corrected chi connectivity index (χ3v) is 11.9. The van der Waals surface area contributed by atoms with E-state index in [-0.39, 0.29) is 5.41 Å². The molecule has 0 unspecified atom stereocenters. The van der Waals surface area contributed by atoms with Crippen molar-refractivity contribution in [2.45, 2.75) is 19.3 Å². The molecular formula is C51H36N2. The molecule has 53 heavy (non-hydrogen) atoms. The highest BCUT2D eigenvalue weighted by Gasteiger charge is 2.36. The fourth-order valence-electron chi connectivity index (χ4n) is 9.32. The molecule has 0 radical (unpaired) electrons. The second kappa shape index (κ2) is 10.9. The van der Waals surface area contributed by atoms with Gasteiger partial charge in [0.1, 0.15) is 0 Å². The number of hydrogen-bond donors (Lipinski definition) is 0. The predicted octanol–water partition coefficient (Wildman–Crippen LogP) is 13.8. The molecule has 11 rings (SSSR count). The van der Waals surface area contributed by atoms with Crippen LogP contribution < -0.4 is 4.90 Å². The molecular weight excluding hydrogens is 641 g/mol. The SMILES string of the molecule is C=C1c2ccccc2-c2ccc(N(c3ccc4c(c3)C(C)(C)c3ccccc3-4)c3ccc4c(c3)c3ccccc3n4-c3cccc4ccccc34)cc21. The van der Waals surface area contributed by atoms with Gasteiger partial charge in [-0.2, -0.15) is 0 Å². The summed E-state index contributed by atoms with van der Waals surface area (Å²) in [4.78, 5) is 2.44. The van der Waals surface area contributed by atoms with Crippen molar-refractivity contribution in [1.82, 2.24) is 4.57 Å². The molecule has 1 heterocycles. The summed E-state index contributed by atoms with van der Waals surface area (Å²) in [7, 11) is 0. The second-order valence-electron chi connectivity index (χ2n) is 15.0. The van der Waals surface area contributed by atoms with Gasteiger partial charge in [-0.1, -0.05) is 136 Å². The number of aromatic nitrogens is 1. The van der Waals surface area contributed by atoms with Crippen molar-refractivity contribution in [1.29, 1.82) is 0 Å². The van der Waals surface area contributed by atoms with E-state index in [2.05, 4.69) is 200 Å². The largest absolute Gasteiger partial charge is 0.310 e. The van der Waals surface area contributed by atoms with Crippen molar-refractivity contribution >= 4 is 55.2 Å². The van der Waals surface area contributed by atoms with Crippen LogP contribution in [0.1, 0.15) is 36.1 Å². The lowest BCUT2D eigenvalue weighted by molar-refractivity contribution is 0.660. The zero-order valence-electron chi connectivity index (χ0n) is 29.8. The topological polar surface area (TPSA) is 8.17 Å². The molecule has 2 heteroatoms. The quantitative estimate of drug-likeness (QED) is 0.180. The Kier molecular flexibility index (Phi) is 6.19. The number of anilines is 3. The van der Waals surface area contributed by atoms with Gasteiger partial charge in [-0.15, -0.1) is 0 Å². The van der Waals surface area contributed by atoms with E-state index in [4.69, 9.17) is 0 Å². The van der Waals surface area contributed by atoms with Crippen LogP contribution >= 0.6 is 0 Å². The molecule has 0 bridgehead atoms. The van der Waals surface area contributed by atoms with Crippen molar-refractivity contribution in [2.75, 3.05) is 4.90 Å². The molecule has 2 aliphatic carbocycles. The molecule has 250 valence electrons. The molecule has 0 saturated heterocycles. The average molecular weight is 677 g/mol. The number of fused-ring (bicyclic) bond motifs is 10. The minimum absolute atomic E-state index is 0.114. The first-order chi connectivity index (χ1) is 26.0. The van der Waals surface area contributed by atoms with Crippen molar-refractivity contribution in [3.63, 3.8) is 0 Å². The maximum atomic E-state index is 4.58. The molecule has 2 nitrogen and oxygen atoms in total. The first-order valence-electron chi connectivity index (χ1n) is 18.5. The highest BCUT2D eigenvalue weighted by atomic mass is 15.1. The average Bonchev–Trinajstić information content (AvgIpc) is 3.77. The summed E-state index contributed by atoms with van der Waals surface area (Å²) in [5, 5.41) is 4.94. The Bertz CT molecular complexity index is 3010. The van der Waals surface area contributed by atoms with Crippen LogP contribution in [-0.4, -0.2) is 4.57 Å². The first-order valence-corrected chi connectivity index (χ1v) is 18.5. The van der Waals surface area contributed by atoms with Crippen LogP contribution in [0.25, 0.3) is 66.1 Å². The van der Waals surface area contributed by atoms with Crippen LogP contribution in [0.4, 0.5) is 17.1 Å². The van der Waals surface area contributed by atoms with E-state index in [1.807, 2.05) is 0 Å². The Morgan fingerprint density at radius 1 is 0.434 bits per heavy atom.